The van der Waals surface area contributed by atoms with Gasteiger partial charge in [0.15, 0.2) is 0 Å². The second kappa shape index (κ2) is 7.62. The summed E-state index contributed by atoms with van der Waals surface area (Å²) in [5, 5.41) is 2.71. The Balaban J connectivity index is 1.19. The van der Waals surface area contributed by atoms with Gasteiger partial charge in [-0.2, -0.15) is 0 Å². The van der Waals surface area contributed by atoms with Crippen molar-refractivity contribution in [3.8, 4) is 0 Å². The molecule has 4 aliphatic carbocycles. The minimum absolute atomic E-state index is 0.147. The van der Waals surface area contributed by atoms with Gasteiger partial charge in [0.2, 0.25) is 17.7 Å². The fourth-order valence-electron chi connectivity index (χ4n) is 5.60. The molecule has 0 radical (unpaired) electrons. The third-order valence-corrected chi connectivity index (χ3v) is 7.19. The number of benzene rings is 1. The maximum atomic E-state index is 13.0. The van der Waals surface area contributed by atoms with Crippen LogP contribution in [0.1, 0.15) is 36.5 Å². The number of amides is 3. The average molecular weight is 422 g/mol. The Kier molecular flexibility index (Phi) is 4.91. The first-order chi connectivity index (χ1) is 15.0. The molecular formula is C24H26N2O5. The normalized spacial score (nSPS) is 32.0. The first kappa shape index (κ1) is 20.0. The number of anilines is 1. The van der Waals surface area contributed by atoms with E-state index >= 15 is 0 Å². The minimum Gasteiger partial charge on any atom is -0.462 e. The molecule has 162 valence electrons. The third-order valence-electron chi connectivity index (χ3n) is 7.19. The van der Waals surface area contributed by atoms with Crippen LogP contribution in [0.3, 0.4) is 0 Å². The standard InChI is InChI=1S/C24H26N2O5/c1-2-3-10-31-24(30)13-4-6-14(7-5-13)25-19(27)12-26-22(28)20-15-8-9-16(18-11-17(15)18)21(20)23(26)29/h4-9,15-18,20-21H,2-3,10-12H2,1H3,(H,25,27)/t15-,16-,17-,18-,20+,21+/m1/s1. The molecule has 1 aromatic carbocycles. The summed E-state index contributed by atoms with van der Waals surface area (Å²) in [7, 11) is 0. The first-order valence-corrected chi connectivity index (χ1v) is 11.1. The maximum absolute atomic E-state index is 13.0. The number of nitrogens with one attached hydrogen (secondary N) is 1. The fourth-order valence-corrected chi connectivity index (χ4v) is 5.60. The van der Waals surface area contributed by atoms with Crippen molar-refractivity contribution in [3.05, 3.63) is 42.0 Å². The van der Waals surface area contributed by atoms with Gasteiger partial charge in [0.1, 0.15) is 6.54 Å². The monoisotopic (exact) mass is 422 g/mol. The molecule has 5 aliphatic rings. The van der Waals surface area contributed by atoms with Gasteiger partial charge in [-0.1, -0.05) is 25.5 Å². The molecule has 1 aromatic rings. The lowest BCUT2D eigenvalue weighted by Gasteiger charge is -2.37. The Morgan fingerprint density at radius 3 is 2.23 bits per heavy atom. The van der Waals surface area contributed by atoms with E-state index in [4.69, 9.17) is 4.74 Å². The number of hydrogen-bond acceptors (Lipinski definition) is 5. The van der Waals surface area contributed by atoms with Gasteiger partial charge in [-0.15, -0.1) is 0 Å². The molecule has 3 amide bonds. The zero-order valence-corrected chi connectivity index (χ0v) is 17.5. The summed E-state index contributed by atoms with van der Waals surface area (Å²) in [4.78, 5) is 51.6. The van der Waals surface area contributed by atoms with Crippen LogP contribution in [0.5, 0.6) is 0 Å². The van der Waals surface area contributed by atoms with E-state index in [0.717, 1.165) is 24.2 Å². The summed E-state index contributed by atoms with van der Waals surface area (Å²) in [6.07, 6.45) is 7.10. The van der Waals surface area contributed by atoms with Crippen molar-refractivity contribution in [2.24, 2.45) is 35.5 Å². The van der Waals surface area contributed by atoms with Gasteiger partial charge in [-0.25, -0.2) is 4.79 Å². The van der Waals surface area contributed by atoms with Crippen LogP contribution in [0.4, 0.5) is 5.69 Å². The molecule has 0 aromatic heterocycles. The highest BCUT2D eigenvalue weighted by molar-refractivity contribution is 6.09. The number of carbonyl (C=O) groups is 4. The zero-order valence-electron chi connectivity index (χ0n) is 17.5. The minimum atomic E-state index is -0.427. The molecule has 31 heavy (non-hydrogen) atoms. The second-order valence-corrected chi connectivity index (χ2v) is 9.03. The van der Waals surface area contributed by atoms with Gasteiger partial charge >= 0.3 is 5.97 Å². The summed E-state index contributed by atoms with van der Waals surface area (Å²) >= 11 is 0. The van der Waals surface area contributed by atoms with E-state index in [1.165, 1.54) is 0 Å². The molecule has 7 nitrogen and oxygen atoms in total. The van der Waals surface area contributed by atoms with Gasteiger partial charge in [0.25, 0.3) is 0 Å². The van der Waals surface area contributed by atoms with Crippen molar-refractivity contribution in [1.82, 2.24) is 4.90 Å². The van der Waals surface area contributed by atoms with Crippen LogP contribution in [0.2, 0.25) is 0 Å². The predicted molar refractivity (Wildman–Crippen MR) is 112 cm³/mol. The largest absolute Gasteiger partial charge is 0.462 e. The molecule has 0 unspecified atom stereocenters. The number of nitrogens with zero attached hydrogens (tertiary/aromatic N) is 1. The lowest BCUT2D eigenvalue weighted by atomic mass is 9.63. The third kappa shape index (κ3) is 3.36. The summed E-state index contributed by atoms with van der Waals surface area (Å²) in [6, 6.07) is 6.39. The number of carbonyl (C=O) groups excluding carboxylic acids is 4. The first-order valence-electron chi connectivity index (χ1n) is 11.1. The van der Waals surface area contributed by atoms with E-state index in [9.17, 15) is 19.2 Å². The molecule has 2 bridgehead atoms. The molecule has 1 saturated heterocycles. The molecule has 3 fully saturated rings. The molecule has 0 spiro atoms. The average Bonchev–Trinajstić information content (AvgIpc) is 3.55. The number of rotatable bonds is 7. The molecule has 1 aliphatic heterocycles. The predicted octanol–water partition coefficient (Wildman–Crippen LogP) is 2.64. The number of allylic oxidation sites excluding steroid dienone is 2. The molecule has 1 N–H and O–H groups in total. The lowest BCUT2D eigenvalue weighted by Crippen LogP contribution is -2.40. The summed E-state index contributed by atoms with van der Waals surface area (Å²) in [5.74, 6) is -0.465. The highest BCUT2D eigenvalue weighted by atomic mass is 16.5. The second-order valence-electron chi connectivity index (χ2n) is 9.03. The summed E-state index contributed by atoms with van der Waals surface area (Å²) in [5.41, 5.74) is 0.902. The zero-order chi connectivity index (χ0) is 21.7. The van der Waals surface area contributed by atoms with Gasteiger partial charge < -0.3 is 10.1 Å². The van der Waals surface area contributed by atoms with Crippen molar-refractivity contribution in [1.29, 1.82) is 0 Å². The van der Waals surface area contributed by atoms with Crippen LogP contribution in [0.15, 0.2) is 36.4 Å². The SMILES string of the molecule is CCCCOC(=O)c1ccc(NC(=O)CN2C(=O)[C@H]3[C@@H]4C=C[C@H]([C@H]5C[C@H]45)[C@@H]3C2=O)cc1. The Morgan fingerprint density at radius 2 is 1.65 bits per heavy atom. The number of unbranched alkanes of at least 4 members (excludes halogenated alkanes) is 1. The van der Waals surface area contributed by atoms with Crippen LogP contribution in [0.25, 0.3) is 0 Å². The van der Waals surface area contributed by atoms with E-state index in [2.05, 4.69) is 17.5 Å². The molecular weight excluding hydrogens is 396 g/mol. The Hall–Kier alpha value is -2.96. The topological polar surface area (TPSA) is 92.8 Å². The smallest absolute Gasteiger partial charge is 0.338 e. The molecule has 7 heteroatoms. The van der Waals surface area contributed by atoms with Crippen LogP contribution in [0, 0.1) is 35.5 Å². The molecule has 1 heterocycles. The van der Waals surface area contributed by atoms with E-state index in [1.54, 1.807) is 24.3 Å². The van der Waals surface area contributed by atoms with Gasteiger partial charge in [-0.05, 0) is 60.8 Å². The van der Waals surface area contributed by atoms with Crippen LogP contribution < -0.4 is 5.32 Å². The van der Waals surface area contributed by atoms with Crippen molar-refractivity contribution in [3.63, 3.8) is 0 Å². The van der Waals surface area contributed by atoms with E-state index in [1.807, 2.05) is 6.92 Å². The van der Waals surface area contributed by atoms with E-state index in [0.29, 0.717) is 29.7 Å². The summed E-state index contributed by atoms with van der Waals surface area (Å²) in [6.45, 7) is 2.12. The van der Waals surface area contributed by atoms with Crippen molar-refractivity contribution in [2.75, 3.05) is 18.5 Å². The highest BCUT2D eigenvalue weighted by Gasteiger charge is 2.67. The van der Waals surface area contributed by atoms with Crippen molar-refractivity contribution < 1.29 is 23.9 Å². The maximum Gasteiger partial charge on any atom is 0.338 e. The van der Waals surface area contributed by atoms with Crippen molar-refractivity contribution >= 4 is 29.4 Å². The van der Waals surface area contributed by atoms with Gasteiger partial charge in [0, 0.05) is 5.69 Å². The van der Waals surface area contributed by atoms with Crippen LogP contribution >= 0.6 is 0 Å². The fraction of sp³-hybridized carbons (Fsp3) is 0.500. The molecule has 6 rings (SSSR count). The summed E-state index contributed by atoms with van der Waals surface area (Å²) < 4.78 is 5.17. The quantitative estimate of drug-likeness (QED) is 0.316. The van der Waals surface area contributed by atoms with Crippen LogP contribution in [-0.2, 0) is 19.1 Å². The number of esters is 1. The van der Waals surface area contributed by atoms with Crippen LogP contribution in [-0.4, -0.2) is 41.7 Å². The number of imide groups is 1. The van der Waals surface area contributed by atoms with Gasteiger partial charge in [0.05, 0.1) is 24.0 Å². The number of likely N-dealkylation sites (tertiary alicyclic amines) is 1. The Labute approximate surface area is 180 Å². The Morgan fingerprint density at radius 1 is 1.03 bits per heavy atom. The molecule has 6 atom stereocenters. The van der Waals surface area contributed by atoms with E-state index < -0.39 is 11.9 Å². The number of ether oxygens (including phenoxy) is 1. The van der Waals surface area contributed by atoms with Crippen molar-refractivity contribution in [2.45, 2.75) is 26.2 Å². The highest BCUT2D eigenvalue weighted by Crippen LogP contribution is 2.65. The van der Waals surface area contributed by atoms with Gasteiger partial charge in [-0.3, -0.25) is 19.3 Å². The lowest BCUT2D eigenvalue weighted by molar-refractivity contribution is -0.142. The Bertz CT molecular complexity index is 933. The molecule has 2 saturated carbocycles. The number of hydrogen-bond donors (Lipinski definition) is 1. The van der Waals surface area contributed by atoms with E-state index in [-0.39, 0.29) is 42.0 Å².